The van der Waals surface area contributed by atoms with Crippen LogP contribution in [-0.4, -0.2) is 26.9 Å². The van der Waals surface area contributed by atoms with Gasteiger partial charge in [-0.2, -0.15) is 0 Å². The van der Waals surface area contributed by atoms with Crippen molar-refractivity contribution >= 4 is 42.4 Å². The Balaban J connectivity index is 2.45. The summed E-state index contributed by atoms with van der Waals surface area (Å²) >= 11 is 3.46. The number of ether oxygens (including phenoxy) is 1. The van der Waals surface area contributed by atoms with Crippen LogP contribution < -0.4 is 9.46 Å². The number of hydrogen-bond donors (Lipinski definition) is 2. The van der Waals surface area contributed by atoms with Crippen LogP contribution in [0.5, 0.6) is 11.5 Å². The second kappa shape index (κ2) is 7.05. The molecule has 3 aromatic carbocycles. The molecular formula is C20H20BrNO4S. The highest BCUT2D eigenvalue weighted by Crippen LogP contribution is 2.45. The van der Waals surface area contributed by atoms with Crippen LogP contribution in [-0.2, 0) is 10.0 Å². The Kier molecular flexibility index (Phi) is 5.10. The molecule has 3 aromatic rings. The fraction of sp³-hybridized carbons (Fsp3) is 0.200. The highest BCUT2D eigenvalue weighted by atomic mass is 79.9. The van der Waals surface area contributed by atoms with Crippen molar-refractivity contribution in [2.45, 2.75) is 13.8 Å². The fourth-order valence-electron chi connectivity index (χ4n) is 3.25. The predicted octanol–water partition coefficient (Wildman–Crippen LogP) is 4.97. The van der Waals surface area contributed by atoms with E-state index in [2.05, 4.69) is 20.7 Å². The van der Waals surface area contributed by atoms with Gasteiger partial charge in [-0.05, 0) is 53.9 Å². The molecule has 0 aliphatic heterocycles. The molecule has 0 heterocycles. The van der Waals surface area contributed by atoms with E-state index in [0.29, 0.717) is 22.6 Å². The number of nitrogens with one attached hydrogen (secondary N) is 1. The van der Waals surface area contributed by atoms with Crippen molar-refractivity contribution in [1.29, 1.82) is 0 Å². The maximum absolute atomic E-state index is 12.0. The monoisotopic (exact) mass is 449 g/mol. The van der Waals surface area contributed by atoms with E-state index in [1.54, 1.807) is 19.2 Å². The minimum atomic E-state index is -3.53. The molecule has 142 valence electrons. The van der Waals surface area contributed by atoms with Crippen molar-refractivity contribution in [1.82, 2.24) is 0 Å². The molecule has 0 aliphatic carbocycles. The normalized spacial score (nSPS) is 11.6. The molecule has 0 aliphatic rings. The highest BCUT2D eigenvalue weighted by molar-refractivity contribution is 9.10. The molecule has 0 atom stereocenters. The first-order valence-corrected chi connectivity index (χ1v) is 10.9. The SMILES string of the molecule is COc1cc(NS(C)(=O)=O)c(-c2c(O)ccc3cc(Br)ccc23)c(C)c1C. The van der Waals surface area contributed by atoms with E-state index >= 15 is 0 Å². The van der Waals surface area contributed by atoms with Crippen LogP contribution in [0.1, 0.15) is 11.1 Å². The summed E-state index contributed by atoms with van der Waals surface area (Å²) < 4.78 is 32.8. The lowest BCUT2D eigenvalue weighted by Crippen LogP contribution is -2.12. The first-order valence-electron chi connectivity index (χ1n) is 8.20. The Hall–Kier alpha value is -2.25. The van der Waals surface area contributed by atoms with Crippen LogP contribution in [0.2, 0.25) is 0 Å². The summed E-state index contributed by atoms with van der Waals surface area (Å²) in [6, 6.07) is 10.8. The lowest BCUT2D eigenvalue weighted by Gasteiger charge is -2.20. The van der Waals surface area contributed by atoms with Gasteiger partial charge in [0.25, 0.3) is 0 Å². The Labute approximate surface area is 167 Å². The second-order valence-corrected chi connectivity index (χ2v) is 9.11. The van der Waals surface area contributed by atoms with E-state index in [9.17, 15) is 13.5 Å². The average molecular weight is 450 g/mol. The van der Waals surface area contributed by atoms with Crippen molar-refractivity contribution in [3.63, 3.8) is 0 Å². The quantitative estimate of drug-likeness (QED) is 0.589. The van der Waals surface area contributed by atoms with Crippen molar-refractivity contribution in [3.8, 4) is 22.6 Å². The van der Waals surface area contributed by atoms with E-state index in [4.69, 9.17) is 4.74 Å². The van der Waals surface area contributed by atoms with E-state index in [0.717, 1.165) is 32.6 Å². The van der Waals surface area contributed by atoms with Crippen LogP contribution >= 0.6 is 15.9 Å². The number of aromatic hydroxyl groups is 1. The van der Waals surface area contributed by atoms with Gasteiger partial charge in [-0.25, -0.2) is 8.42 Å². The molecule has 0 amide bonds. The average Bonchev–Trinajstić information content (AvgIpc) is 2.58. The van der Waals surface area contributed by atoms with Crippen LogP contribution in [0.4, 0.5) is 5.69 Å². The maximum atomic E-state index is 12.0. The van der Waals surface area contributed by atoms with Crippen molar-refractivity contribution in [2.75, 3.05) is 18.1 Å². The van der Waals surface area contributed by atoms with Gasteiger partial charge in [0.15, 0.2) is 0 Å². The molecule has 0 unspecified atom stereocenters. The van der Waals surface area contributed by atoms with Gasteiger partial charge in [0, 0.05) is 21.7 Å². The van der Waals surface area contributed by atoms with Crippen LogP contribution in [0.3, 0.4) is 0 Å². The molecule has 3 rings (SSSR count). The minimum absolute atomic E-state index is 0.0778. The Bertz CT molecular complexity index is 1160. The fourth-order valence-corrected chi connectivity index (χ4v) is 4.19. The minimum Gasteiger partial charge on any atom is -0.507 e. The molecule has 5 nitrogen and oxygen atoms in total. The lowest BCUT2D eigenvalue weighted by molar-refractivity contribution is 0.411. The largest absolute Gasteiger partial charge is 0.507 e. The summed E-state index contributed by atoms with van der Waals surface area (Å²) in [6.45, 7) is 3.79. The van der Waals surface area contributed by atoms with E-state index in [-0.39, 0.29) is 5.75 Å². The zero-order chi connectivity index (χ0) is 19.9. The van der Waals surface area contributed by atoms with Crippen LogP contribution in [0.15, 0.2) is 40.9 Å². The summed E-state index contributed by atoms with van der Waals surface area (Å²) in [5.41, 5.74) is 3.27. The van der Waals surface area contributed by atoms with Gasteiger partial charge in [0.2, 0.25) is 10.0 Å². The smallest absolute Gasteiger partial charge is 0.229 e. The molecule has 0 spiro atoms. The van der Waals surface area contributed by atoms with Gasteiger partial charge in [0.1, 0.15) is 11.5 Å². The molecule has 0 radical (unpaired) electrons. The van der Waals surface area contributed by atoms with Gasteiger partial charge < -0.3 is 9.84 Å². The standard InChI is InChI=1S/C20H20BrNO4S/c1-11-12(2)19(16(10-18(11)26-3)22-27(4,24)25)20-15-7-6-14(21)9-13(15)5-8-17(20)23/h5-10,22-23H,1-4H3. The Morgan fingerprint density at radius 3 is 2.37 bits per heavy atom. The van der Waals surface area contributed by atoms with Gasteiger partial charge >= 0.3 is 0 Å². The number of benzene rings is 3. The second-order valence-electron chi connectivity index (χ2n) is 6.45. The van der Waals surface area contributed by atoms with Gasteiger partial charge in [-0.15, -0.1) is 0 Å². The number of methoxy groups -OCH3 is 1. The molecule has 0 bridgehead atoms. The molecule has 0 fully saturated rings. The number of phenolic OH excluding ortho intramolecular Hbond substituents is 1. The maximum Gasteiger partial charge on any atom is 0.229 e. The molecular weight excluding hydrogens is 430 g/mol. The van der Waals surface area contributed by atoms with Crippen molar-refractivity contribution < 1.29 is 18.3 Å². The molecule has 2 N–H and O–H groups in total. The third kappa shape index (κ3) is 3.75. The molecule has 0 aromatic heterocycles. The molecule has 0 saturated heterocycles. The number of halogens is 1. The number of sulfonamides is 1. The summed E-state index contributed by atoms with van der Waals surface area (Å²) in [4.78, 5) is 0. The van der Waals surface area contributed by atoms with Gasteiger partial charge in [0.05, 0.1) is 19.1 Å². The highest BCUT2D eigenvalue weighted by Gasteiger charge is 2.21. The number of hydrogen-bond acceptors (Lipinski definition) is 4. The topological polar surface area (TPSA) is 75.6 Å². The molecule has 7 heteroatoms. The van der Waals surface area contributed by atoms with Crippen molar-refractivity contribution in [3.05, 3.63) is 52.0 Å². The predicted molar refractivity (Wildman–Crippen MR) is 113 cm³/mol. The number of rotatable bonds is 4. The van der Waals surface area contributed by atoms with E-state index in [1.165, 1.54) is 0 Å². The van der Waals surface area contributed by atoms with Gasteiger partial charge in [-0.3, -0.25) is 4.72 Å². The summed E-state index contributed by atoms with van der Waals surface area (Å²) in [7, 11) is -1.99. The van der Waals surface area contributed by atoms with Crippen LogP contribution in [0.25, 0.3) is 21.9 Å². The summed E-state index contributed by atoms with van der Waals surface area (Å²) in [6.07, 6.45) is 1.10. The Morgan fingerprint density at radius 2 is 1.74 bits per heavy atom. The third-order valence-corrected chi connectivity index (χ3v) is 5.66. The zero-order valence-corrected chi connectivity index (χ0v) is 17.8. The molecule has 0 saturated carbocycles. The number of phenols is 1. The summed E-state index contributed by atoms with van der Waals surface area (Å²) in [5.74, 6) is 0.652. The van der Waals surface area contributed by atoms with E-state index in [1.807, 2.05) is 38.1 Å². The first kappa shape index (κ1) is 19.5. The molecule has 27 heavy (non-hydrogen) atoms. The third-order valence-electron chi connectivity index (χ3n) is 4.58. The van der Waals surface area contributed by atoms with E-state index < -0.39 is 10.0 Å². The van der Waals surface area contributed by atoms with Crippen molar-refractivity contribution in [2.24, 2.45) is 0 Å². The zero-order valence-electron chi connectivity index (χ0n) is 15.4. The summed E-state index contributed by atoms with van der Waals surface area (Å²) in [5, 5.41) is 12.4. The van der Waals surface area contributed by atoms with Gasteiger partial charge in [-0.1, -0.05) is 28.1 Å². The first-order chi connectivity index (χ1) is 12.6. The lowest BCUT2D eigenvalue weighted by atomic mass is 9.90. The number of anilines is 1. The Morgan fingerprint density at radius 1 is 1.04 bits per heavy atom. The number of fused-ring (bicyclic) bond motifs is 1. The van der Waals surface area contributed by atoms with Crippen LogP contribution in [0, 0.1) is 13.8 Å².